The maximum absolute atomic E-state index is 10.2. The highest BCUT2D eigenvalue weighted by Crippen LogP contribution is 2.49. The van der Waals surface area contributed by atoms with Gasteiger partial charge in [0.25, 0.3) is 0 Å². The van der Waals surface area contributed by atoms with Crippen molar-refractivity contribution in [3.05, 3.63) is 455 Å². The standard InChI is InChI=1S/C123H75N15/c1-7-31-79(32-8-1)115-124-116(80-33-9-2-10-34-80)128-121(127-115)136-103-52-28-22-46-97(103)109-106(136)70-67-94-91-43-19-25-49-100(91)133(112(94)109)88-61-55-76(56-62-88)85-73-86(77-57-63-89(64-58-77)134-101-50-26-20-44-92(101)95-68-71-107-110(113(95)134)98-47-23-29-53-104(98)137(107)122-129-117(81-35-11-3-12-36-81)125-118(130-122)82-37-13-4-14-38-82)75-87(74-85)78-59-65-90(66-60-78)135-102-51-27-21-45-93(102)96-69-72-108-111(114(96)135)99-48-24-30-54-105(99)138(108)123-131-119(83-39-15-5-16-40-83)126-120(132-123)84-41-17-6-18-42-84/h1-75H/i70D,71D,72D. The fourth-order valence-corrected chi connectivity index (χ4v) is 20.9. The molecule has 0 aliphatic carbocycles. The average molecular weight is 1770 g/mol. The molecule has 0 N–H and O–H groups in total. The minimum atomic E-state index is 0.339. The lowest BCUT2D eigenvalue weighted by molar-refractivity contribution is 0.953. The van der Waals surface area contributed by atoms with Gasteiger partial charge in [0.2, 0.25) is 17.8 Å². The first-order chi connectivity index (χ1) is 69.7. The van der Waals surface area contributed by atoms with Crippen LogP contribution in [0.4, 0.5) is 0 Å². The molecule has 0 bridgehead atoms. The molecule has 0 aliphatic heterocycles. The van der Waals surface area contributed by atoms with Crippen molar-refractivity contribution in [2.45, 2.75) is 0 Å². The van der Waals surface area contributed by atoms with E-state index in [2.05, 4.69) is 246 Å². The molecule has 28 aromatic rings. The zero-order valence-corrected chi connectivity index (χ0v) is 73.8. The van der Waals surface area contributed by atoms with Gasteiger partial charge in [0.05, 0.1) is 70.3 Å². The number of rotatable bonds is 15. The summed E-state index contributed by atoms with van der Waals surface area (Å²) in [5, 5.41) is 11.5. The van der Waals surface area contributed by atoms with Crippen LogP contribution in [0.3, 0.4) is 0 Å². The summed E-state index contributed by atoms with van der Waals surface area (Å²) in [6.45, 7) is 0. The van der Waals surface area contributed by atoms with Gasteiger partial charge in [-0.1, -0.05) is 346 Å². The molecule has 28 rings (SSSR count). The predicted molar refractivity (Wildman–Crippen MR) is 562 cm³/mol. The lowest BCUT2D eigenvalue weighted by Crippen LogP contribution is -2.06. The molecule has 9 heterocycles. The third-order valence-corrected chi connectivity index (χ3v) is 27.1. The number of para-hydroxylation sites is 6. The second-order valence-electron chi connectivity index (χ2n) is 34.9. The first-order valence-corrected chi connectivity index (χ1v) is 46.2. The Kier molecular flexibility index (Phi) is 17.0. The highest BCUT2D eigenvalue weighted by Gasteiger charge is 2.29. The van der Waals surface area contributed by atoms with Gasteiger partial charge in [-0.25, -0.2) is 15.0 Å². The third-order valence-electron chi connectivity index (χ3n) is 27.1. The molecule has 138 heavy (non-hydrogen) atoms. The Morgan fingerprint density at radius 3 is 0.565 bits per heavy atom. The van der Waals surface area contributed by atoms with Gasteiger partial charge in [0.15, 0.2) is 34.9 Å². The normalized spacial score (nSPS) is 12.2. The Bertz CT molecular complexity index is 8910. The molecular weight excluding hydrogens is 1690 g/mol. The monoisotopic (exact) mass is 1760 g/mol. The fourth-order valence-electron chi connectivity index (χ4n) is 20.9. The number of hydrogen-bond acceptors (Lipinski definition) is 9. The van der Waals surface area contributed by atoms with Crippen molar-refractivity contribution in [2.75, 3.05) is 0 Å². The van der Waals surface area contributed by atoms with Crippen LogP contribution in [-0.4, -0.2) is 72.3 Å². The topological polar surface area (TPSA) is 146 Å². The summed E-state index contributed by atoms with van der Waals surface area (Å²) in [5.74, 6) is 4.39. The highest BCUT2D eigenvalue weighted by atomic mass is 15.2. The van der Waals surface area contributed by atoms with E-state index >= 15 is 0 Å². The molecule has 0 spiro atoms. The molecule has 15 heteroatoms. The van der Waals surface area contributed by atoms with Crippen LogP contribution >= 0.6 is 0 Å². The zero-order chi connectivity index (χ0) is 93.2. The van der Waals surface area contributed by atoms with E-state index in [-0.39, 0.29) is 0 Å². The van der Waals surface area contributed by atoms with E-state index in [1.165, 1.54) is 0 Å². The van der Waals surface area contributed by atoms with Gasteiger partial charge in [0.1, 0.15) is 0 Å². The van der Waals surface area contributed by atoms with E-state index in [1.807, 2.05) is 218 Å². The Labute approximate surface area is 793 Å². The fraction of sp³-hybridized carbons (Fsp3) is 0. The Morgan fingerprint density at radius 1 is 0.145 bits per heavy atom. The summed E-state index contributed by atoms with van der Waals surface area (Å²) in [6, 6.07) is 152. The maximum Gasteiger partial charge on any atom is 0.238 e. The molecule has 9 aromatic heterocycles. The molecule has 0 saturated heterocycles. The van der Waals surface area contributed by atoms with Crippen molar-refractivity contribution >= 4 is 131 Å². The minimum absolute atomic E-state index is 0.339. The van der Waals surface area contributed by atoms with E-state index in [9.17, 15) is 4.11 Å². The SMILES string of the molecule is [2H]c1cc2c3ccccc3n(-c3ccc(-c4cc(-c5ccc(-n6c7ccccc7c7cc([2H])c8c(c9ccccc9n8-c8nc(-c9ccccc9)nc(-c9ccccc9)n8)c76)cc5)cc(-c5ccc(-n6c7ccccc7c7cc([2H])c8c(c9ccccc9n8-c8nc(-c9ccccc9)nc(-c9ccccc9)n8)c76)cc5)c4)cc3)c2c2c3ccccc3n(-c3nc(-c4ccccc4)nc(-c4ccccc4)n3)c12. The minimum Gasteiger partial charge on any atom is -0.309 e. The van der Waals surface area contributed by atoms with Crippen molar-refractivity contribution in [3.8, 4) is 137 Å². The molecule has 0 unspecified atom stereocenters. The molecule has 15 nitrogen and oxygen atoms in total. The molecule has 0 fully saturated rings. The molecule has 19 aromatic carbocycles. The summed E-state index contributed by atoms with van der Waals surface area (Å²) in [4.78, 5) is 47.0. The molecule has 0 aliphatic rings. The summed E-state index contributed by atoms with van der Waals surface area (Å²) in [7, 11) is 0. The first-order valence-electron chi connectivity index (χ1n) is 47.7. The molecular formula is C123H75N15. The third kappa shape index (κ3) is 12.4. The molecule has 0 saturated carbocycles. The number of hydrogen-bond donors (Lipinski definition) is 0. The lowest BCUT2D eigenvalue weighted by atomic mass is 9.93. The zero-order valence-electron chi connectivity index (χ0n) is 76.8. The second kappa shape index (κ2) is 31.4. The van der Waals surface area contributed by atoms with E-state index in [1.54, 1.807) is 0 Å². The van der Waals surface area contributed by atoms with Gasteiger partial charge in [-0.2, -0.15) is 29.9 Å². The van der Waals surface area contributed by atoms with Crippen LogP contribution in [0.15, 0.2) is 455 Å². The Morgan fingerprint density at radius 2 is 0.341 bits per heavy atom. The number of benzene rings is 19. The Balaban J connectivity index is 0.620. The summed E-state index contributed by atoms with van der Waals surface area (Å²) in [5.41, 5.74) is 24.5. The van der Waals surface area contributed by atoms with Crippen LogP contribution in [0.5, 0.6) is 0 Å². The smallest absolute Gasteiger partial charge is 0.238 e. The van der Waals surface area contributed by atoms with Crippen molar-refractivity contribution in [1.82, 2.24) is 72.3 Å². The van der Waals surface area contributed by atoms with E-state index < -0.39 is 0 Å². The Hall–Kier alpha value is -19.0. The maximum atomic E-state index is 10.2. The van der Waals surface area contributed by atoms with Crippen LogP contribution < -0.4 is 0 Å². The van der Waals surface area contributed by atoms with Crippen LogP contribution in [0, 0.1) is 0 Å². The lowest BCUT2D eigenvalue weighted by Gasteiger charge is -2.15. The van der Waals surface area contributed by atoms with Crippen LogP contribution in [-0.2, 0) is 0 Å². The highest BCUT2D eigenvalue weighted by molar-refractivity contribution is 6.29. The largest absolute Gasteiger partial charge is 0.309 e. The predicted octanol–water partition coefficient (Wildman–Crippen LogP) is 29.8. The van der Waals surface area contributed by atoms with Crippen LogP contribution in [0.2, 0.25) is 0 Å². The number of fused-ring (bicyclic) bond motifs is 21. The van der Waals surface area contributed by atoms with E-state index in [0.29, 0.717) is 87.5 Å². The van der Waals surface area contributed by atoms with Crippen molar-refractivity contribution in [2.24, 2.45) is 0 Å². The second-order valence-corrected chi connectivity index (χ2v) is 34.9. The quantitative estimate of drug-likeness (QED) is 0.0979. The van der Waals surface area contributed by atoms with Gasteiger partial charge >= 0.3 is 0 Å². The summed E-state index contributed by atoms with van der Waals surface area (Å²) < 4.78 is 43.9. The number of aromatic nitrogens is 15. The van der Waals surface area contributed by atoms with Crippen molar-refractivity contribution in [3.63, 3.8) is 0 Å². The first kappa shape index (κ1) is 74.6. The van der Waals surface area contributed by atoms with Gasteiger partial charge in [0, 0.05) is 115 Å². The molecule has 0 radical (unpaired) electrons. The van der Waals surface area contributed by atoms with E-state index in [4.69, 9.17) is 44.9 Å². The molecule has 642 valence electrons. The van der Waals surface area contributed by atoms with Gasteiger partial charge < -0.3 is 13.7 Å². The van der Waals surface area contributed by atoms with Gasteiger partial charge in [-0.05, 0) is 143 Å². The van der Waals surface area contributed by atoms with Gasteiger partial charge in [-0.3, -0.25) is 13.7 Å². The van der Waals surface area contributed by atoms with Gasteiger partial charge in [-0.15, -0.1) is 0 Å². The van der Waals surface area contributed by atoms with Crippen LogP contribution in [0.1, 0.15) is 4.11 Å². The average Bonchev–Trinajstić information content (AvgIpc) is 1.54. The molecule has 0 amide bonds. The van der Waals surface area contributed by atoms with Crippen molar-refractivity contribution < 1.29 is 4.11 Å². The summed E-state index contributed by atoms with van der Waals surface area (Å²) in [6.07, 6.45) is 0. The van der Waals surface area contributed by atoms with Crippen molar-refractivity contribution in [1.29, 1.82) is 0 Å². The summed E-state index contributed by atoms with van der Waals surface area (Å²) >= 11 is 0. The number of nitrogens with zero attached hydrogens (tertiary/aromatic N) is 15. The molecule has 0 atom stereocenters. The van der Waals surface area contributed by atoms with Crippen LogP contribution in [0.25, 0.3) is 267 Å². The van der Waals surface area contributed by atoms with E-state index in [0.717, 1.165) is 198 Å².